The van der Waals surface area contributed by atoms with Crippen LogP contribution in [0.4, 0.5) is 11.4 Å². The Morgan fingerprint density at radius 3 is 2.33 bits per heavy atom. The lowest BCUT2D eigenvalue weighted by molar-refractivity contribution is 0.601. The largest absolute Gasteiger partial charge is 0.384 e. The summed E-state index contributed by atoms with van der Waals surface area (Å²) in [6.07, 6.45) is 0.930. The average Bonchev–Trinajstić information content (AvgIpc) is 2.47. The number of aryl methyl sites for hydroxylation is 1. The highest BCUT2D eigenvalue weighted by molar-refractivity contribution is 7.92. The van der Waals surface area contributed by atoms with Gasteiger partial charge in [0.1, 0.15) is 4.90 Å². The topological polar surface area (TPSA) is 58.2 Å². The first-order chi connectivity index (χ1) is 10.0. The Kier molecular flexibility index (Phi) is 4.85. The number of benzene rings is 2. The summed E-state index contributed by atoms with van der Waals surface area (Å²) in [4.78, 5) is 0.263. The molecule has 2 rings (SSSR count). The first-order valence-corrected chi connectivity index (χ1v) is 8.43. The molecule has 0 aliphatic carbocycles. The minimum absolute atomic E-state index is 0.263. The van der Waals surface area contributed by atoms with Gasteiger partial charge < -0.3 is 5.32 Å². The number of hydrogen-bond acceptors (Lipinski definition) is 3. The molecule has 0 radical (unpaired) electrons. The van der Waals surface area contributed by atoms with Crippen LogP contribution >= 0.6 is 0 Å². The zero-order valence-corrected chi connectivity index (χ0v) is 13.1. The van der Waals surface area contributed by atoms with Crippen molar-refractivity contribution in [3.63, 3.8) is 0 Å². The van der Waals surface area contributed by atoms with Gasteiger partial charge in [-0.1, -0.05) is 36.8 Å². The third-order valence-electron chi connectivity index (χ3n) is 3.05. The van der Waals surface area contributed by atoms with Crippen molar-refractivity contribution in [1.29, 1.82) is 0 Å². The van der Waals surface area contributed by atoms with Gasteiger partial charge in [0.2, 0.25) is 0 Å². The number of rotatable bonds is 6. The van der Waals surface area contributed by atoms with Crippen LogP contribution in [-0.4, -0.2) is 15.0 Å². The second kappa shape index (κ2) is 6.63. The number of hydrogen-bond donors (Lipinski definition) is 2. The third-order valence-corrected chi connectivity index (χ3v) is 4.49. The molecule has 0 fully saturated rings. The minimum Gasteiger partial charge on any atom is -0.384 e. The minimum atomic E-state index is -3.60. The summed E-state index contributed by atoms with van der Waals surface area (Å²) in [6, 6.07) is 14.2. The lowest BCUT2D eigenvalue weighted by Crippen LogP contribution is -2.15. The molecule has 2 aromatic rings. The maximum absolute atomic E-state index is 12.5. The molecule has 0 unspecified atom stereocenters. The molecule has 0 aliphatic rings. The molecule has 2 aromatic carbocycles. The van der Waals surface area contributed by atoms with E-state index in [1.807, 2.05) is 32.0 Å². The Bertz CT molecular complexity index is 694. The highest BCUT2D eigenvalue weighted by atomic mass is 32.2. The number of nitrogens with one attached hydrogen (secondary N) is 2. The Morgan fingerprint density at radius 1 is 1.00 bits per heavy atom. The Labute approximate surface area is 126 Å². The molecule has 0 aromatic heterocycles. The molecule has 5 heteroatoms. The van der Waals surface area contributed by atoms with Crippen LogP contribution < -0.4 is 10.0 Å². The molecule has 0 atom stereocenters. The number of sulfonamides is 1. The van der Waals surface area contributed by atoms with Crippen molar-refractivity contribution in [2.45, 2.75) is 25.2 Å². The molecule has 4 nitrogen and oxygen atoms in total. The Balaban J connectivity index is 2.29. The van der Waals surface area contributed by atoms with Gasteiger partial charge in [0.15, 0.2) is 0 Å². The van der Waals surface area contributed by atoms with E-state index < -0.39 is 10.0 Å². The molecule has 112 valence electrons. The van der Waals surface area contributed by atoms with Gasteiger partial charge in [0, 0.05) is 12.2 Å². The van der Waals surface area contributed by atoms with Crippen LogP contribution in [0.3, 0.4) is 0 Å². The highest BCUT2D eigenvalue weighted by Gasteiger charge is 2.18. The van der Waals surface area contributed by atoms with E-state index in [9.17, 15) is 8.42 Å². The molecule has 0 saturated heterocycles. The van der Waals surface area contributed by atoms with E-state index in [1.165, 1.54) is 0 Å². The van der Waals surface area contributed by atoms with E-state index in [0.29, 0.717) is 11.4 Å². The van der Waals surface area contributed by atoms with Crippen LogP contribution in [-0.2, 0) is 10.0 Å². The predicted octanol–water partition coefficient (Wildman–Crippen LogP) is 3.62. The number of para-hydroxylation sites is 1. The zero-order valence-electron chi connectivity index (χ0n) is 12.3. The SMILES string of the molecule is CCCNc1ccccc1S(=O)(=O)Nc1ccc(C)cc1. The van der Waals surface area contributed by atoms with Gasteiger partial charge in [0.25, 0.3) is 10.0 Å². The summed E-state index contributed by atoms with van der Waals surface area (Å²) < 4.78 is 27.6. The third kappa shape index (κ3) is 3.98. The van der Waals surface area contributed by atoms with Gasteiger partial charge in [0.05, 0.1) is 5.69 Å². The Morgan fingerprint density at radius 2 is 1.67 bits per heavy atom. The molecule has 21 heavy (non-hydrogen) atoms. The van der Waals surface area contributed by atoms with Gasteiger partial charge in [-0.25, -0.2) is 8.42 Å². The van der Waals surface area contributed by atoms with Crippen molar-refractivity contribution < 1.29 is 8.42 Å². The predicted molar refractivity (Wildman–Crippen MR) is 87.2 cm³/mol. The molecule has 0 heterocycles. The van der Waals surface area contributed by atoms with Gasteiger partial charge in [-0.2, -0.15) is 0 Å². The second-order valence-corrected chi connectivity index (χ2v) is 6.55. The molecule has 0 amide bonds. The molecule has 0 saturated carbocycles. The first-order valence-electron chi connectivity index (χ1n) is 6.95. The van der Waals surface area contributed by atoms with Crippen molar-refractivity contribution >= 4 is 21.4 Å². The standard InChI is InChI=1S/C16H20N2O2S/c1-3-12-17-15-6-4-5-7-16(15)21(19,20)18-14-10-8-13(2)9-11-14/h4-11,17-18H,3,12H2,1-2H3. The monoisotopic (exact) mass is 304 g/mol. The summed E-state index contributed by atoms with van der Waals surface area (Å²) in [5.74, 6) is 0. The first kappa shape index (κ1) is 15.4. The molecule has 2 N–H and O–H groups in total. The van der Waals surface area contributed by atoms with Crippen molar-refractivity contribution in [1.82, 2.24) is 0 Å². The van der Waals surface area contributed by atoms with E-state index >= 15 is 0 Å². The second-order valence-electron chi connectivity index (χ2n) is 4.89. The van der Waals surface area contributed by atoms with Crippen LogP contribution in [0.5, 0.6) is 0 Å². The summed E-state index contributed by atoms with van der Waals surface area (Å²) in [7, 11) is -3.60. The summed E-state index contributed by atoms with van der Waals surface area (Å²) in [5, 5.41) is 3.14. The molecule has 0 aliphatic heterocycles. The van der Waals surface area contributed by atoms with Gasteiger partial charge in [-0.3, -0.25) is 4.72 Å². The van der Waals surface area contributed by atoms with Crippen molar-refractivity contribution in [2.75, 3.05) is 16.6 Å². The number of anilines is 2. The van der Waals surface area contributed by atoms with Gasteiger partial charge in [-0.15, -0.1) is 0 Å². The maximum atomic E-state index is 12.5. The normalized spacial score (nSPS) is 11.1. The Hall–Kier alpha value is -2.01. The highest BCUT2D eigenvalue weighted by Crippen LogP contribution is 2.23. The van der Waals surface area contributed by atoms with Crippen molar-refractivity contribution in [3.05, 3.63) is 54.1 Å². The van der Waals surface area contributed by atoms with Crippen LogP contribution in [0, 0.1) is 6.92 Å². The van der Waals surface area contributed by atoms with E-state index in [0.717, 1.165) is 18.5 Å². The summed E-state index contributed by atoms with van der Waals surface area (Å²) >= 11 is 0. The molecule has 0 bridgehead atoms. The lowest BCUT2D eigenvalue weighted by Gasteiger charge is -2.13. The van der Waals surface area contributed by atoms with Crippen LogP contribution in [0.25, 0.3) is 0 Å². The fourth-order valence-electron chi connectivity index (χ4n) is 1.94. The van der Waals surface area contributed by atoms with E-state index in [-0.39, 0.29) is 4.90 Å². The van der Waals surface area contributed by atoms with Crippen molar-refractivity contribution in [3.8, 4) is 0 Å². The summed E-state index contributed by atoms with van der Waals surface area (Å²) in [5.41, 5.74) is 2.27. The van der Waals surface area contributed by atoms with E-state index in [4.69, 9.17) is 0 Å². The lowest BCUT2D eigenvalue weighted by atomic mass is 10.2. The smallest absolute Gasteiger partial charge is 0.263 e. The quantitative estimate of drug-likeness (QED) is 0.857. The molecular formula is C16H20N2O2S. The fourth-order valence-corrected chi connectivity index (χ4v) is 3.18. The van der Waals surface area contributed by atoms with Gasteiger partial charge >= 0.3 is 0 Å². The molecular weight excluding hydrogens is 284 g/mol. The fraction of sp³-hybridized carbons (Fsp3) is 0.250. The summed E-state index contributed by atoms with van der Waals surface area (Å²) in [6.45, 7) is 4.73. The van der Waals surface area contributed by atoms with E-state index in [1.54, 1.807) is 30.3 Å². The maximum Gasteiger partial charge on any atom is 0.263 e. The average molecular weight is 304 g/mol. The zero-order chi connectivity index (χ0) is 15.3. The molecule has 0 spiro atoms. The van der Waals surface area contributed by atoms with Crippen LogP contribution in [0.2, 0.25) is 0 Å². The van der Waals surface area contributed by atoms with Crippen molar-refractivity contribution in [2.24, 2.45) is 0 Å². The van der Waals surface area contributed by atoms with Crippen LogP contribution in [0.15, 0.2) is 53.4 Å². The van der Waals surface area contributed by atoms with E-state index in [2.05, 4.69) is 10.0 Å². The van der Waals surface area contributed by atoms with Gasteiger partial charge in [-0.05, 0) is 37.6 Å². The van der Waals surface area contributed by atoms with Crippen LogP contribution in [0.1, 0.15) is 18.9 Å².